The van der Waals surface area contributed by atoms with E-state index < -0.39 is 11.2 Å². The number of aryl methyl sites for hydroxylation is 1. The fraction of sp³-hybridized carbons (Fsp3) is 0.542. The van der Waals surface area contributed by atoms with Gasteiger partial charge >= 0.3 is 0 Å². The number of carbonyl (C=O) groups is 2. The molecule has 1 aromatic carbocycles. The second-order valence-corrected chi connectivity index (χ2v) is 9.23. The van der Waals surface area contributed by atoms with Crippen LogP contribution in [0.5, 0.6) is 5.75 Å². The second kappa shape index (κ2) is 8.67. The number of rotatable bonds is 4. The molecule has 0 radical (unpaired) electrons. The SMILES string of the molecule is CC(=O)N[C@H]1CC2(CCN(C(=O)COc3cc(C)nc4ccccc34)CC2)OC[C@]1(C)O. The van der Waals surface area contributed by atoms with E-state index in [0.717, 1.165) is 16.6 Å². The molecule has 2 aliphatic heterocycles. The highest BCUT2D eigenvalue weighted by Gasteiger charge is 2.49. The lowest BCUT2D eigenvalue weighted by Gasteiger charge is -2.50. The smallest absolute Gasteiger partial charge is 0.260 e. The van der Waals surface area contributed by atoms with Gasteiger partial charge in [-0.05, 0) is 45.2 Å². The Morgan fingerprint density at radius 1 is 1.31 bits per heavy atom. The number of pyridine rings is 1. The molecule has 8 nitrogen and oxygen atoms in total. The van der Waals surface area contributed by atoms with Crippen molar-refractivity contribution in [1.29, 1.82) is 0 Å². The van der Waals surface area contributed by atoms with Gasteiger partial charge in [0.25, 0.3) is 5.91 Å². The zero-order valence-corrected chi connectivity index (χ0v) is 18.9. The molecule has 0 aliphatic carbocycles. The minimum Gasteiger partial charge on any atom is -0.483 e. The predicted molar refractivity (Wildman–Crippen MR) is 119 cm³/mol. The summed E-state index contributed by atoms with van der Waals surface area (Å²) in [6.45, 7) is 6.25. The van der Waals surface area contributed by atoms with Gasteiger partial charge in [-0.15, -0.1) is 0 Å². The minimum atomic E-state index is -1.11. The van der Waals surface area contributed by atoms with Crippen molar-refractivity contribution in [2.45, 2.75) is 57.3 Å². The average Bonchev–Trinajstić information content (AvgIpc) is 2.75. The third-order valence-corrected chi connectivity index (χ3v) is 6.56. The van der Waals surface area contributed by atoms with Crippen LogP contribution in [0, 0.1) is 6.92 Å². The molecule has 0 bridgehead atoms. The largest absolute Gasteiger partial charge is 0.483 e. The maximum atomic E-state index is 12.8. The number of nitrogens with zero attached hydrogens (tertiary/aromatic N) is 2. The van der Waals surface area contributed by atoms with E-state index in [1.54, 1.807) is 11.8 Å². The van der Waals surface area contributed by atoms with Crippen molar-refractivity contribution in [2.24, 2.45) is 0 Å². The Morgan fingerprint density at radius 3 is 2.75 bits per heavy atom. The predicted octanol–water partition coefficient (Wildman–Crippen LogP) is 1.96. The molecule has 2 saturated heterocycles. The topological polar surface area (TPSA) is 101 Å². The fourth-order valence-electron chi connectivity index (χ4n) is 4.63. The summed E-state index contributed by atoms with van der Waals surface area (Å²) in [5.74, 6) is 0.418. The Morgan fingerprint density at radius 2 is 2.03 bits per heavy atom. The van der Waals surface area contributed by atoms with Crippen LogP contribution in [0.3, 0.4) is 0 Å². The molecule has 32 heavy (non-hydrogen) atoms. The number of likely N-dealkylation sites (tertiary alicyclic amines) is 1. The molecule has 8 heteroatoms. The van der Waals surface area contributed by atoms with Crippen LogP contribution in [0.1, 0.15) is 38.8 Å². The molecule has 2 N–H and O–H groups in total. The third kappa shape index (κ3) is 4.71. The van der Waals surface area contributed by atoms with Crippen LogP contribution in [0.2, 0.25) is 0 Å². The van der Waals surface area contributed by atoms with Gasteiger partial charge in [0.15, 0.2) is 6.61 Å². The van der Waals surface area contributed by atoms with Gasteiger partial charge in [-0.1, -0.05) is 12.1 Å². The number of ether oxygens (including phenoxy) is 2. The number of aromatic nitrogens is 1. The monoisotopic (exact) mass is 441 g/mol. The molecule has 1 aromatic heterocycles. The number of piperidine rings is 1. The first-order valence-electron chi connectivity index (χ1n) is 11.1. The van der Waals surface area contributed by atoms with E-state index >= 15 is 0 Å². The van der Waals surface area contributed by atoms with Crippen LogP contribution in [-0.4, -0.2) is 70.4 Å². The third-order valence-electron chi connectivity index (χ3n) is 6.56. The lowest BCUT2D eigenvalue weighted by Crippen LogP contribution is -2.64. The van der Waals surface area contributed by atoms with Crippen molar-refractivity contribution in [3.05, 3.63) is 36.0 Å². The van der Waals surface area contributed by atoms with Crippen molar-refractivity contribution in [3.8, 4) is 5.75 Å². The number of hydrogen-bond donors (Lipinski definition) is 2. The lowest BCUT2D eigenvalue weighted by molar-refractivity contribution is -0.194. The van der Waals surface area contributed by atoms with E-state index in [1.807, 2.05) is 37.3 Å². The fourth-order valence-corrected chi connectivity index (χ4v) is 4.63. The summed E-state index contributed by atoms with van der Waals surface area (Å²) in [5, 5.41) is 14.3. The van der Waals surface area contributed by atoms with Crippen molar-refractivity contribution in [2.75, 3.05) is 26.3 Å². The van der Waals surface area contributed by atoms with E-state index in [0.29, 0.717) is 38.1 Å². The number of aliphatic hydroxyl groups is 1. The number of amides is 2. The summed E-state index contributed by atoms with van der Waals surface area (Å²) in [5.41, 5.74) is 0.133. The van der Waals surface area contributed by atoms with Crippen LogP contribution in [0.4, 0.5) is 0 Å². The number of carbonyl (C=O) groups excluding carboxylic acids is 2. The van der Waals surface area contributed by atoms with Gasteiger partial charge in [-0.3, -0.25) is 14.6 Å². The normalized spacial score (nSPS) is 25.0. The van der Waals surface area contributed by atoms with Crippen molar-refractivity contribution >= 4 is 22.7 Å². The number of hydrogen-bond acceptors (Lipinski definition) is 6. The van der Waals surface area contributed by atoms with Crippen LogP contribution in [-0.2, 0) is 14.3 Å². The summed E-state index contributed by atoms with van der Waals surface area (Å²) < 4.78 is 12.0. The summed E-state index contributed by atoms with van der Waals surface area (Å²) in [4.78, 5) is 30.7. The Bertz CT molecular complexity index is 1010. The maximum absolute atomic E-state index is 12.8. The minimum absolute atomic E-state index is 0.0372. The van der Waals surface area contributed by atoms with E-state index in [-0.39, 0.29) is 31.1 Å². The zero-order chi connectivity index (χ0) is 22.9. The Kier molecular flexibility index (Phi) is 6.09. The summed E-state index contributed by atoms with van der Waals surface area (Å²) in [7, 11) is 0. The molecule has 2 amide bonds. The van der Waals surface area contributed by atoms with Gasteiger partial charge in [0.05, 0.1) is 23.8 Å². The van der Waals surface area contributed by atoms with Gasteiger partial charge < -0.3 is 24.8 Å². The molecular weight excluding hydrogens is 410 g/mol. The highest BCUT2D eigenvalue weighted by molar-refractivity contribution is 5.86. The summed E-state index contributed by atoms with van der Waals surface area (Å²) >= 11 is 0. The molecule has 0 unspecified atom stereocenters. The lowest BCUT2D eigenvalue weighted by atomic mass is 9.77. The number of fused-ring (bicyclic) bond motifs is 1. The van der Waals surface area contributed by atoms with Gasteiger partial charge in [0.2, 0.25) is 5.91 Å². The molecule has 2 atom stereocenters. The van der Waals surface area contributed by atoms with Crippen molar-refractivity contribution < 1.29 is 24.2 Å². The van der Waals surface area contributed by atoms with E-state index in [4.69, 9.17) is 9.47 Å². The van der Waals surface area contributed by atoms with Gasteiger partial charge in [0.1, 0.15) is 11.4 Å². The first-order chi connectivity index (χ1) is 15.2. The molecule has 1 spiro atoms. The number of benzene rings is 1. The molecular formula is C24H31N3O5. The van der Waals surface area contributed by atoms with Crippen LogP contribution >= 0.6 is 0 Å². The molecule has 172 valence electrons. The van der Waals surface area contributed by atoms with Crippen LogP contribution in [0.15, 0.2) is 30.3 Å². The summed E-state index contributed by atoms with van der Waals surface area (Å²) in [6.07, 6.45) is 1.84. The number of para-hydroxylation sites is 1. The highest BCUT2D eigenvalue weighted by atomic mass is 16.5. The van der Waals surface area contributed by atoms with Crippen molar-refractivity contribution in [1.82, 2.24) is 15.2 Å². The van der Waals surface area contributed by atoms with Crippen LogP contribution in [0.25, 0.3) is 10.9 Å². The second-order valence-electron chi connectivity index (χ2n) is 9.23. The molecule has 2 aromatic rings. The molecule has 4 rings (SSSR count). The standard InChI is InChI=1S/C24H31N3O5/c1-16-12-20(18-6-4-5-7-19(18)25-16)31-14-22(29)27-10-8-24(9-11-27)13-21(26-17(2)28)23(3,30)15-32-24/h4-7,12,21,30H,8-11,13-15H2,1-3H3,(H,26,28)/t21-,23-/m0/s1. The molecule has 3 heterocycles. The first kappa shape index (κ1) is 22.5. The van der Waals surface area contributed by atoms with Gasteiger partial charge in [0, 0.05) is 37.2 Å². The zero-order valence-electron chi connectivity index (χ0n) is 18.9. The highest BCUT2D eigenvalue weighted by Crippen LogP contribution is 2.38. The van der Waals surface area contributed by atoms with Crippen molar-refractivity contribution in [3.63, 3.8) is 0 Å². The van der Waals surface area contributed by atoms with E-state index in [9.17, 15) is 14.7 Å². The Hall–Kier alpha value is -2.71. The summed E-state index contributed by atoms with van der Waals surface area (Å²) in [6, 6.07) is 9.20. The molecule has 0 saturated carbocycles. The Labute approximate surface area is 187 Å². The van der Waals surface area contributed by atoms with Crippen LogP contribution < -0.4 is 10.1 Å². The molecule has 2 fully saturated rings. The van der Waals surface area contributed by atoms with E-state index in [1.165, 1.54) is 6.92 Å². The molecule has 2 aliphatic rings. The quantitative estimate of drug-likeness (QED) is 0.752. The Balaban J connectivity index is 1.36. The first-order valence-corrected chi connectivity index (χ1v) is 11.1. The van der Waals surface area contributed by atoms with E-state index in [2.05, 4.69) is 10.3 Å². The van der Waals surface area contributed by atoms with Gasteiger partial charge in [-0.25, -0.2) is 0 Å². The van der Waals surface area contributed by atoms with Gasteiger partial charge in [-0.2, -0.15) is 0 Å². The maximum Gasteiger partial charge on any atom is 0.260 e. The number of nitrogens with one attached hydrogen (secondary N) is 1. The average molecular weight is 442 g/mol.